The van der Waals surface area contributed by atoms with E-state index in [1.807, 2.05) is 0 Å². The SMILES string of the molecule is [CH3][Sb]([CH3])[CH2]C1CSC1. The predicted molar refractivity (Wildman–Crippen MR) is 43.1 cm³/mol. The topological polar surface area (TPSA) is 0 Å². The van der Waals surface area contributed by atoms with Crippen molar-refractivity contribution >= 4 is 32.0 Å². The zero-order valence-corrected chi connectivity index (χ0v) is 8.92. The third-order valence-electron chi connectivity index (χ3n) is 1.33. The molecule has 0 bridgehead atoms. The summed E-state index contributed by atoms with van der Waals surface area (Å²) in [4.78, 5) is 4.98. The first-order valence-electron chi connectivity index (χ1n) is 3.01. The van der Waals surface area contributed by atoms with E-state index in [4.69, 9.17) is 0 Å². The molecule has 0 aromatic carbocycles. The summed E-state index contributed by atoms with van der Waals surface area (Å²) < 4.78 is 1.63. The molecule has 1 aliphatic heterocycles. The number of hydrogen-bond donors (Lipinski definition) is 0. The number of thioether (sulfide) groups is 1. The van der Waals surface area contributed by atoms with Gasteiger partial charge in [-0.1, -0.05) is 0 Å². The van der Waals surface area contributed by atoms with Crippen molar-refractivity contribution < 1.29 is 0 Å². The Kier molecular flexibility index (Phi) is 3.06. The van der Waals surface area contributed by atoms with Crippen LogP contribution in [0, 0.1) is 5.92 Å². The Morgan fingerprint density at radius 3 is 2.25 bits per heavy atom. The quantitative estimate of drug-likeness (QED) is 0.665. The molecule has 0 aromatic heterocycles. The van der Waals surface area contributed by atoms with E-state index in [0.29, 0.717) is 0 Å². The second kappa shape index (κ2) is 3.36. The van der Waals surface area contributed by atoms with E-state index in [2.05, 4.69) is 21.5 Å². The van der Waals surface area contributed by atoms with E-state index < -0.39 is 20.2 Å². The Hall–Kier alpha value is 1.17. The number of hydrogen-bond acceptors (Lipinski definition) is 1. The van der Waals surface area contributed by atoms with Crippen molar-refractivity contribution in [3.8, 4) is 0 Å². The summed E-state index contributed by atoms with van der Waals surface area (Å²) in [5.74, 6) is 4.10. The summed E-state index contributed by atoms with van der Waals surface area (Å²) in [6.07, 6.45) is 0. The minimum atomic E-state index is -0.568. The van der Waals surface area contributed by atoms with Crippen LogP contribution in [0.5, 0.6) is 0 Å². The summed E-state index contributed by atoms with van der Waals surface area (Å²) in [5, 5.41) is 0. The Labute approximate surface area is 63.4 Å². The van der Waals surface area contributed by atoms with Crippen LogP contribution in [0.25, 0.3) is 0 Å². The van der Waals surface area contributed by atoms with Crippen LogP contribution in [0.2, 0.25) is 14.1 Å². The van der Waals surface area contributed by atoms with Gasteiger partial charge in [-0.2, -0.15) is 0 Å². The Bertz CT molecular complexity index is 68.9. The van der Waals surface area contributed by atoms with Gasteiger partial charge in [0.25, 0.3) is 0 Å². The summed E-state index contributed by atoms with van der Waals surface area (Å²) in [7, 11) is 0. The molecule has 0 radical (unpaired) electrons. The van der Waals surface area contributed by atoms with Crippen LogP contribution in [0.15, 0.2) is 0 Å². The van der Waals surface area contributed by atoms with Gasteiger partial charge < -0.3 is 0 Å². The van der Waals surface area contributed by atoms with Crippen LogP contribution in [-0.2, 0) is 0 Å². The normalized spacial score (nSPS) is 21.4. The van der Waals surface area contributed by atoms with Crippen molar-refractivity contribution in [3.05, 3.63) is 0 Å². The summed E-state index contributed by atoms with van der Waals surface area (Å²) in [6, 6.07) is 0. The van der Waals surface area contributed by atoms with Gasteiger partial charge in [0.15, 0.2) is 0 Å². The van der Waals surface area contributed by atoms with Crippen molar-refractivity contribution in [2.24, 2.45) is 5.92 Å². The van der Waals surface area contributed by atoms with E-state index in [-0.39, 0.29) is 0 Å². The van der Waals surface area contributed by atoms with E-state index in [1.54, 1.807) is 4.37 Å². The maximum absolute atomic E-state index is 2.49. The van der Waals surface area contributed by atoms with E-state index in [9.17, 15) is 0 Å². The van der Waals surface area contributed by atoms with Crippen LogP contribution in [-0.4, -0.2) is 31.7 Å². The van der Waals surface area contributed by atoms with Crippen molar-refractivity contribution in [1.29, 1.82) is 0 Å². The van der Waals surface area contributed by atoms with E-state index >= 15 is 0 Å². The maximum atomic E-state index is 2.49. The van der Waals surface area contributed by atoms with Gasteiger partial charge in [0.05, 0.1) is 0 Å². The molecule has 0 saturated carbocycles. The van der Waals surface area contributed by atoms with Gasteiger partial charge in [-0.15, -0.1) is 0 Å². The molecule has 2 heteroatoms. The number of rotatable bonds is 2. The molecule has 1 saturated heterocycles. The molecule has 1 rings (SSSR count). The zero-order valence-electron chi connectivity index (χ0n) is 5.55. The fraction of sp³-hybridized carbons (Fsp3) is 1.00. The molecule has 0 aromatic rings. The van der Waals surface area contributed by atoms with Crippen LogP contribution < -0.4 is 0 Å². The Morgan fingerprint density at radius 2 is 2.12 bits per heavy atom. The van der Waals surface area contributed by atoms with Crippen LogP contribution in [0.4, 0.5) is 0 Å². The average molecular weight is 239 g/mol. The molecule has 1 aliphatic rings. The molecule has 0 nitrogen and oxygen atoms in total. The fourth-order valence-electron chi connectivity index (χ4n) is 0.906. The molecule has 0 aliphatic carbocycles. The van der Waals surface area contributed by atoms with Gasteiger partial charge in [0, 0.05) is 0 Å². The molecule has 48 valence electrons. The predicted octanol–water partition coefficient (Wildman–Crippen LogP) is 2.10. The zero-order chi connectivity index (χ0) is 5.98. The van der Waals surface area contributed by atoms with Crippen molar-refractivity contribution in [1.82, 2.24) is 0 Å². The standard InChI is InChI=1S/C4H7S.2CH3.Sb/c1-4-2-5-3-4;;;/h4H,1-3H2;2*1H3;. The summed E-state index contributed by atoms with van der Waals surface area (Å²) in [5.41, 5.74) is 0. The average Bonchev–Trinajstić information content (AvgIpc) is 1.55. The summed E-state index contributed by atoms with van der Waals surface area (Å²) in [6.45, 7) is 0. The van der Waals surface area contributed by atoms with Crippen LogP contribution in [0.1, 0.15) is 0 Å². The Morgan fingerprint density at radius 1 is 1.50 bits per heavy atom. The molecule has 1 heterocycles. The third-order valence-corrected chi connectivity index (χ3v) is 6.30. The first-order chi connectivity index (χ1) is 3.79. The summed E-state index contributed by atoms with van der Waals surface area (Å²) >= 11 is 1.55. The molecular weight excluding hydrogens is 226 g/mol. The van der Waals surface area contributed by atoms with Gasteiger partial charge in [0.1, 0.15) is 0 Å². The molecule has 1 fully saturated rings. The van der Waals surface area contributed by atoms with Crippen molar-refractivity contribution in [2.45, 2.75) is 14.1 Å². The van der Waals surface area contributed by atoms with Crippen molar-refractivity contribution in [2.75, 3.05) is 11.5 Å². The second-order valence-electron chi connectivity index (χ2n) is 2.67. The molecule has 8 heavy (non-hydrogen) atoms. The van der Waals surface area contributed by atoms with Crippen LogP contribution in [0.3, 0.4) is 0 Å². The fourth-order valence-corrected chi connectivity index (χ4v) is 6.44. The minimum absolute atomic E-state index is 0.568. The van der Waals surface area contributed by atoms with Gasteiger partial charge in [0.2, 0.25) is 0 Å². The Balaban J connectivity index is 2.01. The van der Waals surface area contributed by atoms with Crippen LogP contribution >= 0.6 is 11.8 Å². The molecule has 0 atom stereocenters. The molecule has 0 unspecified atom stereocenters. The first kappa shape index (κ1) is 7.28. The van der Waals surface area contributed by atoms with Gasteiger partial charge in [-0.25, -0.2) is 0 Å². The molecule has 0 N–H and O–H groups in total. The molecule has 0 spiro atoms. The first-order valence-corrected chi connectivity index (χ1v) is 11.1. The monoisotopic (exact) mass is 238 g/mol. The van der Waals surface area contributed by atoms with Gasteiger partial charge in [-0.3, -0.25) is 0 Å². The third kappa shape index (κ3) is 2.19. The second-order valence-corrected chi connectivity index (χ2v) is 10.9. The van der Waals surface area contributed by atoms with Crippen molar-refractivity contribution in [3.63, 3.8) is 0 Å². The molecule has 0 amide bonds. The van der Waals surface area contributed by atoms with E-state index in [1.165, 1.54) is 11.5 Å². The van der Waals surface area contributed by atoms with Gasteiger partial charge >= 0.3 is 63.5 Å². The molecular formula is C6H13SSb. The van der Waals surface area contributed by atoms with Gasteiger partial charge in [-0.05, 0) is 0 Å². The van der Waals surface area contributed by atoms with E-state index in [0.717, 1.165) is 5.92 Å².